The molecule has 1 aliphatic carbocycles. The minimum absolute atomic E-state index is 0.207. The zero-order valence-electron chi connectivity index (χ0n) is 12.2. The van der Waals surface area contributed by atoms with Gasteiger partial charge in [-0.25, -0.2) is 0 Å². The summed E-state index contributed by atoms with van der Waals surface area (Å²) in [6, 6.07) is 11.9. The predicted molar refractivity (Wildman–Crippen MR) is 83.8 cm³/mol. The largest absolute Gasteiger partial charge is 0.348 e. The van der Waals surface area contributed by atoms with Crippen LogP contribution in [0, 0.1) is 11.3 Å². The summed E-state index contributed by atoms with van der Waals surface area (Å²) in [4.78, 5) is 28.3. The number of aromatic nitrogens is 1. The second kappa shape index (κ2) is 6.28. The van der Waals surface area contributed by atoms with Crippen LogP contribution in [-0.2, 0) is 0 Å². The molecule has 0 radical (unpaired) electrons. The summed E-state index contributed by atoms with van der Waals surface area (Å²) in [6.45, 7) is 0. The van der Waals surface area contributed by atoms with Crippen molar-refractivity contribution < 1.29 is 9.59 Å². The fraction of sp³-hybridized carbons (Fsp3) is 0.176. The van der Waals surface area contributed by atoms with Crippen LogP contribution in [-0.4, -0.2) is 22.8 Å². The highest BCUT2D eigenvalue weighted by Gasteiger charge is 2.24. The lowest BCUT2D eigenvalue weighted by atomic mass is 10.1. The van der Waals surface area contributed by atoms with Gasteiger partial charge in [0.05, 0.1) is 11.3 Å². The molecule has 23 heavy (non-hydrogen) atoms. The predicted octanol–water partition coefficient (Wildman–Crippen LogP) is 2.10. The SMILES string of the molecule is N#Cc1ccccc1NC(=O)c1ccnc(C(=O)NC2CC2)c1. The molecule has 1 saturated carbocycles. The molecule has 2 aromatic rings. The van der Waals surface area contributed by atoms with Gasteiger partial charge in [0, 0.05) is 17.8 Å². The number of nitrogens with zero attached hydrogens (tertiary/aromatic N) is 2. The van der Waals surface area contributed by atoms with Crippen molar-refractivity contribution >= 4 is 17.5 Å². The van der Waals surface area contributed by atoms with E-state index in [1.54, 1.807) is 24.3 Å². The molecule has 6 heteroatoms. The number of para-hydroxylation sites is 1. The molecule has 1 aromatic carbocycles. The molecule has 0 spiro atoms. The summed E-state index contributed by atoms with van der Waals surface area (Å²) in [5, 5.41) is 14.5. The molecule has 1 heterocycles. The van der Waals surface area contributed by atoms with Crippen molar-refractivity contribution in [1.82, 2.24) is 10.3 Å². The molecule has 3 rings (SSSR count). The molecular formula is C17H14N4O2. The maximum Gasteiger partial charge on any atom is 0.270 e. The van der Waals surface area contributed by atoms with E-state index in [-0.39, 0.29) is 17.6 Å². The van der Waals surface area contributed by atoms with E-state index in [0.717, 1.165) is 12.8 Å². The van der Waals surface area contributed by atoms with Crippen molar-refractivity contribution in [2.24, 2.45) is 0 Å². The van der Waals surface area contributed by atoms with Crippen LogP contribution in [0.5, 0.6) is 0 Å². The number of carbonyl (C=O) groups is 2. The van der Waals surface area contributed by atoms with E-state index in [9.17, 15) is 9.59 Å². The molecule has 0 unspecified atom stereocenters. The summed E-state index contributed by atoms with van der Waals surface area (Å²) >= 11 is 0. The van der Waals surface area contributed by atoms with Gasteiger partial charge < -0.3 is 10.6 Å². The van der Waals surface area contributed by atoms with E-state index in [0.29, 0.717) is 16.8 Å². The van der Waals surface area contributed by atoms with Crippen molar-refractivity contribution in [3.05, 3.63) is 59.4 Å². The Morgan fingerprint density at radius 3 is 2.70 bits per heavy atom. The van der Waals surface area contributed by atoms with E-state index < -0.39 is 5.91 Å². The van der Waals surface area contributed by atoms with Crippen molar-refractivity contribution in [2.75, 3.05) is 5.32 Å². The highest BCUT2D eigenvalue weighted by atomic mass is 16.2. The van der Waals surface area contributed by atoms with Gasteiger partial charge in [0.15, 0.2) is 0 Å². The fourth-order valence-corrected chi connectivity index (χ4v) is 2.07. The van der Waals surface area contributed by atoms with Crippen molar-refractivity contribution in [3.63, 3.8) is 0 Å². The van der Waals surface area contributed by atoms with Gasteiger partial charge in [-0.3, -0.25) is 14.6 Å². The molecule has 0 saturated heterocycles. The molecular weight excluding hydrogens is 292 g/mol. The quantitative estimate of drug-likeness (QED) is 0.904. The lowest BCUT2D eigenvalue weighted by molar-refractivity contribution is 0.0946. The number of hydrogen-bond acceptors (Lipinski definition) is 4. The third-order valence-corrected chi connectivity index (χ3v) is 3.46. The summed E-state index contributed by atoms with van der Waals surface area (Å²) in [5.41, 5.74) is 1.33. The Kier molecular flexibility index (Phi) is 4.02. The summed E-state index contributed by atoms with van der Waals surface area (Å²) in [7, 11) is 0. The van der Waals surface area contributed by atoms with Gasteiger partial charge in [0.25, 0.3) is 11.8 Å². The summed E-state index contributed by atoms with van der Waals surface area (Å²) < 4.78 is 0. The average molecular weight is 306 g/mol. The van der Waals surface area contributed by atoms with E-state index in [1.807, 2.05) is 6.07 Å². The lowest BCUT2D eigenvalue weighted by Crippen LogP contribution is -2.26. The monoisotopic (exact) mass is 306 g/mol. The first kappa shape index (κ1) is 14.7. The van der Waals surface area contributed by atoms with Gasteiger partial charge >= 0.3 is 0 Å². The van der Waals surface area contributed by atoms with Crippen molar-refractivity contribution in [1.29, 1.82) is 5.26 Å². The third-order valence-electron chi connectivity index (χ3n) is 3.46. The highest BCUT2D eigenvalue weighted by Crippen LogP contribution is 2.19. The third kappa shape index (κ3) is 3.52. The minimum Gasteiger partial charge on any atom is -0.348 e. The molecule has 114 valence electrons. The highest BCUT2D eigenvalue weighted by molar-refractivity contribution is 6.06. The van der Waals surface area contributed by atoms with Gasteiger partial charge in [-0.1, -0.05) is 12.1 Å². The Labute approximate surface area is 133 Å². The van der Waals surface area contributed by atoms with Crippen LogP contribution < -0.4 is 10.6 Å². The molecule has 1 aromatic heterocycles. The number of nitrogens with one attached hydrogen (secondary N) is 2. The Bertz CT molecular complexity index is 806. The number of hydrogen-bond donors (Lipinski definition) is 2. The number of benzene rings is 1. The number of nitriles is 1. The first-order valence-corrected chi connectivity index (χ1v) is 7.25. The second-order valence-electron chi connectivity index (χ2n) is 5.29. The minimum atomic E-state index is -0.393. The Morgan fingerprint density at radius 1 is 1.17 bits per heavy atom. The molecule has 2 amide bonds. The zero-order valence-corrected chi connectivity index (χ0v) is 12.2. The molecule has 0 aliphatic heterocycles. The van der Waals surface area contributed by atoms with Gasteiger partial charge in [-0.15, -0.1) is 0 Å². The van der Waals surface area contributed by atoms with E-state index in [2.05, 4.69) is 15.6 Å². The second-order valence-corrected chi connectivity index (χ2v) is 5.29. The van der Waals surface area contributed by atoms with Crippen LogP contribution in [0.1, 0.15) is 39.3 Å². The molecule has 1 fully saturated rings. The van der Waals surface area contributed by atoms with E-state index in [1.165, 1.54) is 18.3 Å². The molecule has 2 N–H and O–H groups in total. The first-order valence-electron chi connectivity index (χ1n) is 7.25. The summed E-state index contributed by atoms with van der Waals surface area (Å²) in [5.74, 6) is -0.671. The average Bonchev–Trinajstić information content (AvgIpc) is 3.39. The van der Waals surface area contributed by atoms with Gasteiger partial charge in [0.2, 0.25) is 0 Å². The molecule has 0 atom stereocenters. The fourth-order valence-electron chi connectivity index (χ4n) is 2.07. The zero-order chi connectivity index (χ0) is 16.2. The Hall–Kier alpha value is -3.20. The van der Waals surface area contributed by atoms with Crippen LogP contribution in [0.4, 0.5) is 5.69 Å². The number of anilines is 1. The van der Waals surface area contributed by atoms with Gasteiger partial charge in [0.1, 0.15) is 11.8 Å². The number of pyridine rings is 1. The molecule has 1 aliphatic rings. The normalized spacial score (nSPS) is 13.0. The Balaban J connectivity index is 1.77. The van der Waals surface area contributed by atoms with Crippen LogP contribution in [0.2, 0.25) is 0 Å². The molecule has 0 bridgehead atoms. The number of rotatable bonds is 4. The van der Waals surface area contributed by atoms with Crippen LogP contribution >= 0.6 is 0 Å². The maximum absolute atomic E-state index is 12.3. The summed E-state index contributed by atoms with van der Waals surface area (Å²) in [6.07, 6.45) is 3.39. The van der Waals surface area contributed by atoms with Crippen LogP contribution in [0.25, 0.3) is 0 Å². The van der Waals surface area contributed by atoms with E-state index in [4.69, 9.17) is 5.26 Å². The molecule has 6 nitrogen and oxygen atoms in total. The van der Waals surface area contributed by atoms with Gasteiger partial charge in [-0.2, -0.15) is 5.26 Å². The van der Waals surface area contributed by atoms with Crippen molar-refractivity contribution in [2.45, 2.75) is 18.9 Å². The van der Waals surface area contributed by atoms with E-state index >= 15 is 0 Å². The first-order chi connectivity index (χ1) is 11.2. The topological polar surface area (TPSA) is 94.9 Å². The smallest absolute Gasteiger partial charge is 0.270 e. The lowest BCUT2D eigenvalue weighted by Gasteiger charge is -2.08. The Morgan fingerprint density at radius 2 is 1.96 bits per heavy atom. The standard InChI is InChI=1S/C17H14N4O2/c18-10-12-3-1-2-4-14(12)21-16(22)11-7-8-19-15(9-11)17(23)20-13-5-6-13/h1-4,7-9,13H,5-6H2,(H,20,23)(H,21,22). The van der Waals surface area contributed by atoms with Crippen LogP contribution in [0.15, 0.2) is 42.6 Å². The van der Waals surface area contributed by atoms with Crippen LogP contribution in [0.3, 0.4) is 0 Å². The maximum atomic E-state index is 12.3. The van der Waals surface area contributed by atoms with Crippen molar-refractivity contribution in [3.8, 4) is 6.07 Å². The van der Waals surface area contributed by atoms with Gasteiger partial charge in [-0.05, 0) is 37.1 Å². The number of amides is 2. The number of carbonyl (C=O) groups excluding carboxylic acids is 2.